The van der Waals surface area contributed by atoms with E-state index in [1.807, 2.05) is 19.9 Å². The molecular formula is C17H23N5O3. The minimum atomic E-state index is -1.06. The van der Waals surface area contributed by atoms with Crippen molar-refractivity contribution in [1.82, 2.24) is 19.8 Å². The SMILES string of the molecule is CC(C)c1cc(CN2C(=O)c3c(cnn3CC3CC3)N(C)C2O)on1. The monoisotopic (exact) mass is 345 g/mol. The molecule has 2 aromatic heterocycles. The number of amides is 1. The van der Waals surface area contributed by atoms with Crippen molar-refractivity contribution in [1.29, 1.82) is 0 Å². The van der Waals surface area contributed by atoms with Crippen LogP contribution in [-0.2, 0) is 13.1 Å². The molecule has 2 aliphatic rings. The van der Waals surface area contributed by atoms with Crippen molar-refractivity contribution in [3.05, 3.63) is 29.4 Å². The summed E-state index contributed by atoms with van der Waals surface area (Å²) in [6.07, 6.45) is 2.95. The Balaban J connectivity index is 1.62. The van der Waals surface area contributed by atoms with Gasteiger partial charge in [0.05, 0.1) is 24.1 Å². The van der Waals surface area contributed by atoms with E-state index in [1.54, 1.807) is 22.8 Å². The second kappa shape index (κ2) is 5.87. The molecule has 1 aliphatic heterocycles. The van der Waals surface area contributed by atoms with Crippen LogP contribution < -0.4 is 4.90 Å². The number of hydrogen-bond donors (Lipinski definition) is 1. The van der Waals surface area contributed by atoms with Gasteiger partial charge >= 0.3 is 0 Å². The summed E-state index contributed by atoms with van der Waals surface area (Å²) in [5.41, 5.74) is 2.03. The van der Waals surface area contributed by atoms with Gasteiger partial charge in [-0.3, -0.25) is 14.4 Å². The smallest absolute Gasteiger partial charge is 0.278 e. The summed E-state index contributed by atoms with van der Waals surface area (Å²) in [6.45, 7) is 4.97. The van der Waals surface area contributed by atoms with Gasteiger partial charge < -0.3 is 14.5 Å². The topological polar surface area (TPSA) is 87.6 Å². The lowest BCUT2D eigenvalue weighted by molar-refractivity contribution is -0.00384. The summed E-state index contributed by atoms with van der Waals surface area (Å²) in [5, 5.41) is 19.0. The average molecular weight is 345 g/mol. The lowest BCUT2D eigenvalue weighted by atomic mass is 10.1. The molecule has 1 amide bonds. The van der Waals surface area contributed by atoms with Crippen molar-refractivity contribution >= 4 is 11.6 Å². The number of aliphatic hydroxyl groups excluding tert-OH is 1. The quantitative estimate of drug-likeness (QED) is 0.889. The van der Waals surface area contributed by atoms with E-state index in [2.05, 4.69) is 10.3 Å². The van der Waals surface area contributed by atoms with E-state index in [0.29, 0.717) is 23.1 Å². The van der Waals surface area contributed by atoms with Gasteiger partial charge in [0, 0.05) is 19.7 Å². The number of aliphatic hydroxyl groups is 1. The molecule has 2 aromatic rings. The summed E-state index contributed by atoms with van der Waals surface area (Å²) in [7, 11) is 1.76. The number of carbonyl (C=O) groups excluding carboxylic acids is 1. The van der Waals surface area contributed by atoms with Crippen molar-refractivity contribution in [2.24, 2.45) is 5.92 Å². The van der Waals surface area contributed by atoms with Crippen LogP contribution in [0.5, 0.6) is 0 Å². The van der Waals surface area contributed by atoms with E-state index < -0.39 is 6.35 Å². The summed E-state index contributed by atoms with van der Waals surface area (Å²) in [5.74, 6) is 1.17. The zero-order chi connectivity index (χ0) is 17.7. The molecule has 8 nitrogen and oxygen atoms in total. The number of hydrogen-bond acceptors (Lipinski definition) is 6. The Morgan fingerprint density at radius 2 is 2.16 bits per heavy atom. The first-order valence-corrected chi connectivity index (χ1v) is 8.69. The highest BCUT2D eigenvalue weighted by Crippen LogP contribution is 2.34. The standard InChI is InChI=1S/C17H23N5O3/c1-10(2)13-6-12(25-19-13)9-21-16(23)15-14(20(3)17(21)24)7-18-22(15)8-11-4-5-11/h6-7,10-11,17,24H,4-5,8-9H2,1-3H3. The number of fused-ring (bicyclic) bond motifs is 1. The highest BCUT2D eigenvalue weighted by atomic mass is 16.5. The Kier molecular flexibility index (Phi) is 3.79. The molecule has 0 aromatic carbocycles. The van der Waals surface area contributed by atoms with Crippen LogP contribution in [0.2, 0.25) is 0 Å². The summed E-state index contributed by atoms with van der Waals surface area (Å²) < 4.78 is 7.11. The molecule has 3 heterocycles. The Hall–Kier alpha value is -2.35. The lowest BCUT2D eigenvalue weighted by Crippen LogP contribution is -2.53. The molecular weight excluding hydrogens is 322 g/mol. The first kappa shape index (κ1) is 16.1. The maximum absolute atomic E-state index is 13.0. The molecule has 1 aliphatic carbocycles. The van der Waals surface area contributed by atoms with Crippen LogP contribution in [0, 0.1) is 5.92 Å². The highest BCUT2D eigenvalue weighted by Gasteiger charge is 2.39. The normalized spacial score (nSPS) is 20.5. The molecule has 8 heteroatoms. The third-order valence-electron chi connectivity index (χ3n) is 4.91. The molecule has 134 valence electrons. The van der Waals surface area contributed by atoms with Crippen LogP contribution in [0.15, 0.2) is 16.8 Å². The predicted octanol–water partition coefficient (Wildman–Crippen LogP) is 1.77. The summed E-state index contributed by atoms with van der Waals surface area (Å²) in [4.78, 5) is 16.1. The van der Waals surface area contributed by atoms with Crippen molar-refractivity contribution < 1.29 is 14.4 Å². The fourth-order valence-corrected chi connectivity index (χ4v) is 3.11. The van der Waals surface area contributed by atoms with Crippen LogP contribution in [0.3, 0.4) is 0 Å². The van der Waals surface area contributed by atoms with E-state index in [1.165, 1.54) is 17.7 Å². The molecule has 0 radical (unpaired) electrons. The highest BCUT2D eigenvalue weighted by molar-refractivity contribution is 6.00. The Morgan fingerprint density at radius 1 is 1.40 bits per heavy atom. The zero-order valence-corrected chi connectivity index (χ0v) is 14.7. The number of rotatable bonds is 5. The fraction of sp³-hybridized carbons (Fsp3) is 0.588. The van der Waals surface area contributed by atoms with Gasteiger partial charge in [0.15, 0.2) is 5.76 Å². The lowest BCUT2D eigenvalue weighted by Gasteiger charge is -2.38. The second-order valence-electron chi connectivity index (χ2n) is 7.27. The fourth-order valence-electron chi connectivity index (χ4n) is 3.11. The number of carbonyl (C=O) groups is 1. The number of anilines is 1. The van der Waals surface area contributed by atoms with Gasteiger partial charge in [-0.2, -0.15) is 5.10 Å². The summed E-state index contributed by atoms with van der Waals surface area (Å²) >= 11 is 0. The minimum absolute atomic E-state index is 0.165. The first-order valence-electron chi connectivity index (χ1n) is 8.69. The van der Waals surface area contributed by atoms with Crippen LogP contribution >= 0.6 is 0 Å². The number of aromatic nitrogens is 3. The second-order valence-corrected chi connectivity index (χ2v) is 7.27. The third kappa shape index (κ3) is 2.80. The van der Waals surface area contributed by atoms with E-state index >= 15 is 0 Å². The minimum Gasteiger partial charge on any atom is -0.359 e. The third-order valence-corrected chi connectivity index (χ3v) is 4.91. The molecule has 4 rings (SSSR count). The van der Waals surface area contributed by atoms with E-state index in [0.717, 1.165) is 12.2 Å². The molecule has 1 fully saturated rings. The predicted molar refractivity (Wildman–Crippen MR) is 89.8 cm³/mol. The van der Waals surface area contributed by atoms with E-state index in [4.69, 9.17) is 4.52 Å². The van der Waals surface area contributed by atoms with Crippen molar-refractivity contribution in [2.45, 2.75) is 52.0 Å². The molecule has 0 bridgehead atoms. The van der Waals surface area contributed by atoms with E-state index in [-0.39, 0.29) is 18.4 Å². The Bertz CT molecular complexity index is 792. The molecule has 0 saturated heterocycles. The van der Waals surface area contributed by atoms with Gasteiger partial charge in [-0.15, -0.1) is 0 Å². The molecule has 0 spiro atoms. The van der Waals surface area contributed by atoms with Crippen LogP contribution in [0.1, 0.15) is 54.5 Å². The first-order chi connectivity index (χ1) is 12.0. The summed E-state index contributed by atoms with van der Waals surface area (Å²) in [6, 6.07) is 1.83. The maximum atomic E-state index is 13.0. The van der Waals surface area contributed by atoms with Gasteiger partial charge in [-0.05, 0) is 24.7 Å². The van der Waals surface area contributed by atoms with Gasteiger partial charge in [0.25, 0.3) is 5.91 Å². The van der Waals surface area contributed by atoms with Crippen LogP contribution in [0.25, 0.3) is 0 Å². The van der Waals surface area contributed by atoms with Crippen molar-refractivity contribution in [3.63, 3.8) is 0 Å². The molecule has 1 saturated carbocycles. The van der Waals surface area contributed by atoms with Gasteiger partial charge in [0.2, 0.25) is 6.35 Å². The maximum Gasteiger partial charge on any atom is 0.278 e. The van der Waals surface area contributed by atoms with Crippen molar-refractivity contribution in [3.8, 4) is 0 Å². The van der Waals surface area contributed by atoms with Gasteiger partial charge in [-0.1, -0.05) is 19.0 Å². The van der Waals surface area contributed by atoms with Gasteiger partial charge in [-0.25, -0.2) is 0 Å². The van der Waals surface area contributed by atoms with Gasteiger partial charge in [0.1, 0.15) is 5.69 Å². The molecule has 1 atom stereocenters. The average Bonchev–Trinajstić information content (AvgIpc) is 3.09. The van der Waals surface area contributed by atoms with Crippen LogP contribution in [0.4, 0.5) is 5.69 Å². The number of nitrogens with zero attached hydrogens (tertiary/aromatic N) is 5. The molecule has 1 unspecified atom stereocenters. The molecule has 1 N–H and O–H groups in total. The Morgan fingerprint density at radius 3 is 2.80 bits per heavy atom. The van der Waals surface area contributed by atoms with Crippen molar-refractivity contribution in [2.75, 3.05) is 11.9 Å². The van der Waals surface area contributed by atoms with Crippen LogP contribution in [-0.4, -0.2) is 44.3 Å². The van der Waals surface area contributed by atoms with E-state index in [9.17, 15) is 9.90 Å². The largest absolute Gasteiger partial charge is 0.359 e. The molecule has 25 heavy (non-hydrogen) atoms. The zero-order valence-electron chi connectivity index (χ0n) is 14.7. The Labute approximate surface area is 146 Å².